The van der Waals surface area contributed by atoms with E-state index in [4.69, 9.17) is 10.6 Å². The summed E-state index contributed by atoms with van der Waals surface area (Å²) in [5.41, 5.74) is 5.61. The summed E-state index contributed by atoms with van der Waals surface area (Å²) in [5, 5.41) is 0. The molecule has 2 aromatic carbocycles. The molecule has 0 saturated carbocycles. The lowest BCUT2D eigenvalue weighted by atomic mass is 9.95. The maximum Gasteiger partial charge on any atom is 0.123 e. The zero-order valence-corrected chi connectivity index (χ0v) is 11.7. The average Bonchev–Trinajstić information content (AvgIpc) is 2.44. The molecule has 20 heavy (non-hydrogen) atoms. The van der Waals surface area contributed by atoms with E-state index in [-0.39, 0.29) is 11.9 Å². The summed E-state index contributed by atoms with van der Waals surface area (Å²) < 4.78 is 18.6. The number of halogens is 1. The highest BCUT2D eigenvalue weighted by Gasteiger charge is 2.15. The van der Waals surface area contributed by atoms with E-state index in [2.05, 4.69) is 5.43 Å². The Bertz CT molecular complexity index is 569. The van der Waals surface area contributed by atoms with Gasteiger partial charge in [-0.05, 0) is 54.8 Å². The van der Waals surface area contributed by atoms with Crippen LogP contribution in [-0.4, -0.2) is 6.61 Å². The SMILES string of the molecule is CCOc1ccc(C(NN)c2ccc(F)cc2C)cc1. The van der Waals surface area contributed by atoms with E-state index in [1.54, 1.807) is 6.07 Å². The first-order chi connectivity index (χ1) is 9.65. The van der Waals surface area contributed by atoms with Crippen LogP contribution in [-0.2, 0) is 0 Å². The molecular weight excluding hydrogens is 255 g/mol. The molecule has 0 aliphatic carbocycles. The van der Waals surface area contributed by atoms with Crippen molar-refractivity contribution in [3.05, 3.63) is 65.0 Å². The largest absolute Gasteiger partial charge is 0.494 e. The lowest BCUT2D eigenvalue weighted by molar-refractivity contribution is 0.340. The van der Waals surface area contributed by atoms with Gasteiger partial charge < -0.3 is 4.74 Å². The smallest absolute Gasteiger partial charge is 0.123 e. The van der Waals surface area contributed by atoms with Crippen LogP contribution in [0.1, 0.15) is 29.7 Å². The number of nitrogens with two attached hydrogens (primary N) is 1. The van der Waals surface area contributed by atoms with Crippen LogP contribution in [0.2, 0.25) is 0 Å². The molecule has 1 atom stereocenters. The first kappa shape index (κ1) is 14.5. The number of hydrazine groups is 1. The summed E-state index contributed by atoms with van der Waals surface area (Å²) in [6, 6.07) is 12.3. The number of hydrogen-bond donors (Lipinski definition) is 2. The van der Waals surface area contributed by atoms with E-state index < -0.39 is 0 Å². The fraction of sp³-hybridized carbons (Fsp3) is 0.250. The third kappa shape index (κ3) is 3.15. The number of ether oxygens (including phenoxy) is 1. The highest BCUT2D eigenvalue weighted by Crippen LogP contribution is 2.26. The zero-order valence-electron chi connectivity index (χ0n) is 11.7. The van der Waals surface area contributed by atoms with Crippen LogP contribution in [0.25, 0.3) is 0 Å². The van der Waals surface area contributed by atoms with Gasteiger partial charge in [0.2, 0.25) is 0 Å². The van der Waals surface area contributed by atoms with Crippen LogP contribution in [0, 0.1) is 12.7 Å². The van der Waals surface area contributed by atoms with Crippen molar-refractivity contribution in [3.63, 3.8) is 0 Å². The molecule has 0 aliphatic rings. The maximum atomic E-state index is 13.2. The molecule has 1 unspecified atom stereocenters. The molecule has 0 amide bonds. The summed E-state index contributed by atoms with van der Waals surface area (Å²) in [5.74, 6) is 6.25. The Hall–Kier alpha value is -1.91. The molecule has 0 aliphatic heterocycles. The van der Waals surface area contributed by atoms with E-state index in [0.29, 0.717) is 6.61 Å². The third-order valence-corrected chi connectivity index (χ3v) is 3.23. The summed E-state index contributed by atoms with van der Waals surface area (Å²) in [4.78, 5) is 0. The first-order valence-electron chi connectivity index (χ1n) is 6.60. The Morgan fingerprint density at radius 3 is 2.45 bits per heavy atom. The standard InChI is InChI=1S/C16H19FN2O/c1-3-20-14-7-4-12(5-8-14)16(19-18)15-9-6-13(17)10-11(15)2/h4-10,16,19H,3,18H2,1-2H3. The summed E-state index contributed by atoms with van der Waals surface area (Å²) in [7, 11) is 0. The Kier molecular flexibility index (Phi) is 4.71. The quantitative estimate of drug-likeness (QED) is 0.650. The minimum absolute atomic E-state index is 0.175. The highest BCUT2D eigenvalue weighted by molar-refractivity contribution is 5.39. The molecule has 3 nitrogen and oxygen atoms in total. The lowest BCUT2D eigenvalue weighted by Crippen LogP contribution is -2.29. The van der Waals surface area contributed by atoms with Crippen LogP contribution in [0.15, 0.2) is 42.5 Å². The molecule has 0 spiro atoms. The van der Waals surface area contributed by atoms with Crippen LogP contribution in [0.5, 0.6) is 5.75 Å². The van der Waals surface area contributed by atoms with Gasteiger partial charge in [0.1, 0.15) is 11.6 Å². The van der Waals surface area contributed by atoms with E-state index in [1.165, 1.54) is 12.1 Å². The van der Waals surface area contributed by atoms with Gasteiger partial charge in [0, 0.05) is 0 Å². The van der Waals surface area contributed by atoms with Crippen LogP contribution < -0.4 is 16.0 Å². The molecule has 4 heteroatoms. The van der Waals surface area contributed by atoms with Gasteiger partial charge in [0.05, 0.1) is 12.6 Å². The molecule has 0 saturated heterocycles. The second-order valence-electron chi connectivity index (χ2n) is 4.60. The van der Waals surface area contributed by atoms with Gasteiger partial charge in [-0.2, -0.15) is 0 Å². The number of rotatable bonds is 5. The fourth-order valence-corrected chi connectivity index (χ4v) is 2.25. The van der Waals surface area contributed by atoms with Gasteiger partial charge in [-0.3, -0.25) is 5.84 Å². The second-order valence-corrected chi connectivity index (χ2v) is 4.60. The van der Waals surface area contributed by atoms with Crippen molar-refractivity contribution in [1.82, 2.24) is 5.43 Å². The number of nitrogens with one attached hydrogen (secondary N) is 1. The molecule has 2 aromatic rings. The maximum absolute atomic E-state index is 13.2. The molecule has 3 N–H and O–H groups in total. The number of benzene rings is 2. The Balaban J connectivity index is 2.31. The van der Waals surface area contributed by atoms with E-state index >= 15 is 0 Å². The Morgan fingerprint density at radius 2 is 1.90 bits per heavy atom. The molecule has 0 heterocycles. The van der Waals surface area contributed by atoms with Crippen LogP contribution in [0.3, 0.4) is 0 Å². The van der Waals surface area contributed by atoms with Gasteiger partial charge in [0.15, 0.2) is 0 Å². The zero-order chi connectivity index (χ0) is 14.5. The summed E-state index contributed by atoms with van der Waals surface area (Å²) >= 11 is 0. The van der Waals surface area contributed by atoms with Gasteiger partial charge in [0.25, 0.3) is 0 Å². The van der Waals surface area contributed by atoms with Crippen molar-refractivity contribution in [3.8, 4) is 5.75 Å². The monoisotopic (exact) mass is 274 g/mol. The van der Waals surface area contributed by atoms with Gasteiger partial charge >= 0.3 is 0 Å². The van der Waals surface area contributed by atoms with Gasteiger partial charge in [-0.15, -0.1) is 0 Å². The normalized spacial score (nSPS) is 12.2. The molecular formula is C16H19FN2O. The minimum Gasteiger partial charge on any atom is -0.494 e. The number of aryl methyl sites for hydroxylation is 1. The topological polar surface area (TPSA) is 47.3 Å². The molecule has 0 radical (unpaired) electrons. The van der Waals surface area contributed by atoms with Crippen molar-refractivity contribution in [2.45, 2.75) is 19.9 Å². The Morgan fingerprint density at radius 1 is 1.20 bits per heavy atom. The lowest BCUT2D eigenvalue weighted by Gasteiger charge is -2.19. The average molecular weight is 274 g/mol. The molecule has 0 aromatic heterocycles. The van der Waals surface area contributed by atoms with E-state index in [1.807, 2.05) is 38.1 Å². The van der Waals surface area contributed by atoms with Crippen molar-refractivity contribution >= 4 is 0 Å². The molecule has 106 valence electrons. The predicted molar refractivity (Wildman–Crippen MR) is 77.9 cm³/mol. The first-order valence-corrected chi connectivity index (χ1v) is 6.60. The predicted octanol–water partition coefficient (Wildman–Crippen LogP) is 3.09. The highest BCUT2D eigenvalue weighted by atomic mass is 19.1. The second kappa shape index (κ2) is 6.50. The molecule has 2 rings (SSSR count). The van der Waals surface area contributed by atoms with Crippen LogP contribution in [0.4, 0.5) is 4.39 Å². The van der Waals surface area contributed by atoms with Crippen molar-refractivity contribution in [1.29, 1.82) is 0 Å². The van der Waals surface area contributed by atoms with Crippen molar-refractivity contribution in [2.75, 3.05) is 6.61 Å². The summed E-state index contributed by atoms with van der Waals surface area (Å²) in [6.07, 6.45) is 0. The van der Waals surface area contributed by atoms with Crippen LogP contribution >= 0.6 is 0 Å². The van der Waals surface area contributed by atoms with Gasteiger partial charge in [-0.25, -0.2) is 9.82 Å². The Labute approximate surface area is 118 Å². The molecule has 0 fully saturated rings. The number of hydrogen-bond acceptors (Lipinski definition) is 3. The van der Waals surface area contributed by atoms with Gasteiger partial charge in [-0.1, -0.05) is 18.2 Å². The van der Waals surface area contributed by atoms with Crippen molar-refractivity contribution < 1.29 is 9.13 Å². The van der Waals surface area contributed by atoms with E-state index in [9.17, 15) is 4.39 Å². The third-order valence-electron chi connectivity index (χ3n) is 3.23. The van der Waals surface area contributed by atoms with Crippen molar-refractivity contribution in [2.24, 2.45) is 5.84 Å². The fourth-order valence-electron chi connectivity index (χ4n) is 2.25. The summed E-state index contributed by atoms with van der Waals surface area (Å²) in [6.45, 7) is 4.45. The minimum atomic E-state index is -0.242. The molecule has 0 bridgehead atoms. The van der Waals surface area contributed by atoms with E-state index in [0.717, 1.165) is 22.4 Å².